The van der Waals surface area contributed by atoms with Gasteiger partial charge < -0.3 is 4.74 Å². The van der Waals surface area contributed by atoms with Crippen LogP contribution in [0.15, 0.2) is 0 Å². The molecule has 0 aromatic rings. The van der Waals surface area contributed by atoms with Gasteiger partial charge in [-0.1, -0.05) is 20.8 Å². The molecule has 0 amide bonds. The Morgan fingerprint density at radius 2 is 2.00 bits per heavy atom. The molecule has 0 aromatic carbocycles. The molecular weight excluding hydrogens is 156 g/mol. The Bertz CT molecular complexity index is 120. The van der Waals surface area contributed by atoms with Gasteiger partial charge in [0.15, 0.2) is 0 Å². The lowest BCUT2D eigenvalue weighted by molar-refractivity contribution is 0.0475. The van der Waals surface area contributed by atoms with E-state index >= 15 is 0 Å². The lowest BCUT2D eigenvalue weighted by Crippen LogP contribution is -2.32. The van der Waals surface area contributed by atoms with Gasteiger partial charge in [0.25, 0.3) is 0 Å². The van der Waals surface area contributed by atoms with E-state index in [-0.39, 0.29) is 0 Å². The SMILES string of the molecule is CC1OCC(C(C)(C)C)CS1. The highest BCUT2D eigenvalue weighted by Gasteiger charge is 2.29. The van der Waals surface area contributed by atoms with E-state index in [4.69, 9.17) is 4.74 Å². The van der Waals surface area contributed by atoms with Gasteiger partial charge in [-0.15, -0.1) is 11.8 Å². The molecule has 11 heavy (non-hydrogen) atoms. The third kappa shape index (κ3) is 2.68. The van der Waals surface area contributed by atoms with Crippen LogP contribution in [-0.4, -0.2) is 17.8 Å². The molecule has 0 bridgehead atoms. The maximum Gasteiger partial charge on any atom is 0.0999 e. The van der Waals surface area contributed by atoms with Crippen LogP contribution < -0.4 is 0 Å². The number of hydrogen-bond acceptors (Lipinski definition) is 2. The summed E-state index contributed by atoms with van der Waals surface area (Å²) >= 11 is 1.93. The maximum atomic E-state index is 5.58. The predicted octanol–water partition coefficient (Wildman–Crippen LogP) is 2.76. The van der Waals surface area contributed by atoms with Gasteiger partial charge in [0.05, 0.1) is 12.0 Å². The second kappa shape index (κ2) is 3.36. The molecule has 0 radical (unpaired) electrons. The Hall–Kier alpha value is 0.310. The minimum absolute atomic E-state index is 0.410. The van der Waals surface area contributed by atoms with Crippen LogP contribution in [0.2, 0.25) is 0 Å². The molecule has 0 spiro atoms. The van der Waals surface area contributed by atoms with Gasteiger partial charge >= 0.3 is 0 Å². The molecule has 1 saturated heterocycles. The zero-order valence-corrected chi connectivity index (χ0v) is 8.70. The molecule has 1 fully saturated rings. The van der Waals surface area contributed by atoms with Gasteiger partial charge in [-0.05, 0) is 18.3 Å². The zero-order chi connectivity index (χ0) is 8.48. The summed E-state index contributed by atoms with van der Waals surface area (Å²) in [6.07, 6.45) is 0. The van der Waals surface area contributed by atoms with Crippen molar-refractivity contribution in [2.45, 2.75) is 33.1 Å². The molecule has 1 heterocycles. The highest BCUT2D eigenvalue weighted by atomic mass is 32.2. The fourth-order valence-corrected chi connectivity index (χ4v) is 2.37. The highest BCUT2D eigenvalue weighted by Crippen LogP contribution is 2.34. The molecule has 2 atom stereocenters. The first-order chi connectivity index (χ1) is 5.00. The normalized spacial score (nSPS) is 33.8. The largest absolute Gasteiger partial charge is 0.368 e. The van der Waals surface area contributed by atoms with Gasteiger partial charge in [-0.3, -0.25) is 0 Å². The van der Waals surface area contributed by atoms with Crippen molar-refractivity contribution in [3.63, 3.8) is 0 Å². The van der Waals surface area contributed by atoms with E-state index < -0.39 is 0 Å². The fraction of sp³-hybridized carbons (Fsp3) is 1.00. The molecule has 2 heteroatoms. The summed E-state index contributed by atoms with van der Waals surface area (Å²) in [5.74, 6) is 1.98. The van der Waals surface area contributed by atoms with Gasteiger partial charge in [0.1, 0.15) is 0 Å². The molecule has 0 aromatic heterocycles. The van der Waals surface area contributed by atoms with E-state index in [1.165, 1.54) is 5.75 Å². The first kappa shape index (κ1) is 9.40. The predicted molar refractivity (Wildman–Crippen MR) is 50.8 cm³/mol. The van der Waals surface area contributed by atoms with E-state index in [0.717, 1.165) is 12.5 Å². The molecule has 0 aliphatic carbocycles. The number of rotatable bonds is 0. The molecule has 1 aliphatic rings. The van der Waals surface area contributed by atoms with Crippen LogP contribution in [0.25, 0.3) is 0 Å². The van der Waals surface area contributed by atoms with Crippen LogP contribution in [0, 0.1) is 11.3 Å². The Labute approximate surface area is 73.9 Å². The fourth-order valence-electron chi connectivity index (χ4n) is 1.10. The molecule has 0 saturated carbocycles. The van der Waals surface area contributed by atoms with Crippen molar-refractivity contribution in [3.8, 4) is 0 Å². The van der Waals surface area contributed by atoms with Crippen molar-refractivity contribution in [1.82, 2.24) is 0 Å². The summed E-state index contributed by atoms with van der Waals surface area (Å²) in [5, 5.41) is 0. The minimum atomic E-state index is 0.410. The second-order valence-corrected chi connectivity index (χ2v) is 5.63. The van der Waals surface area contributed by atoms with Crippen molar-refractivity contribution in [3.05, 3.63) is 0 Å². The number of thioether (sulfide) groups is 1. The molecule has 66 valence electrons. The quantitative estimate of drug-likeness (QED) is 0.558. The van der Waals surface area contributed by atoms with Crippen molar-refractivity contribution in [2.75, 3.05) is 12.4 Å². The van der Waals surface area contributed by atoms with Crippen LogP contribution in [0.4, 0.5) is 0 Å². The van der Waals surface area contributed by atoms with Gasteiger partial charge in [-0.2, -0.15) is 0 Å². The Morgan fingerprint density at radius 1 is 1.36 bits per heavy atom. The van der Waals surface area contributed by atoms with Gasteiger partial charge in [0, 0.05) is 5.75 Å². The van der Waals surface area contributed by atoms with E-state index in [1.54, 1.807) is 0 Å². The van der Waals surface area contributed by atoms with E-state index in [0.29, 0.717) is 10.9 Å². The van der Waals surface area contributed by atoms with Crippen molar-refractivity contribution < 1.29 is 4.74 Å². The van der Waals surface area contributed by atoms with Gasteiger partial charge in [0.2, 0.25) is 0 Å². The summed E-state index contributed by atoms with van der Waals surface area (Å²) in [6, 6.07) is 0. The minimum Gasteiger partial charge on any atom is -0.368 e. The Balaban J connectivity index is 2.39. The molecular formula is C9H18OS. The third-order valence-electron chi connectivity index (χ3n) is 2.29. The van der Waals surface area contributed by atoms with E-state index in [2.05, 4.69) is 27.7 Å². The van der Waals surface area contributed by atoms with Crippen LogP contribution >= 0.6 is 11.8 Å². The summed E-state index contributed by atoms with van der Waals surface area (Å²) < 4.78 is 5.58. The summed E-state index contributed by atoms with van der Waals surface area (Å²) in [4.78, 5) is 0. The van der Waals surface area contributed by atoms with Crippen molar-refractivity contribution in [1.29, 1.82) is 0 Å². The average molecular weight is 174 g/mol. The highest BCUT2D eigenvalue weighted by molar-refractivity contribution is 7.99. The van der Waals surface area contributed by atoms with E-state index in [1.807, 2.05) is 11.8 Å². The Morgan fingerprint density at radius 3 is 2.36 bits per heavy atom. The van der Waals surface area contributed by atoms with Crippen molar-refractivity contribution >= 4 is 11.8 Å². The van der Waals surface area contributed by atoms with E-state index in [9.17, 15) is 0 Å². The smallest absolute Gasteiger partial charge is 0.0999 e. The second-order valence-electron chi connectivity index (χ2n) is 4.30. The number of hydrogen-bond donors (Lipinski definition) is 0. The van der Waals surface area contributed by atoms with Crippen LogP contribution in [0.1, 0.15) is 27.7 Å². The summed E-state index contributed by atoms with van der Waals surface area (Å²) in [6.45, 7) is 9.94. The first-order valence-corrected chi connectivity index (χ1v) is 5.28. The third-order valence-corrected chi connectivity index (χ3v) is 3.49. The molecule has 1 rings (SSSR count). The lowest BCUT2D eigenvalue weighted by Gasteiger charge is -2.35. The monoisotopic (exact) mass is 174 g/mol. The van der Waals surface area contributed by atoms with Gasteiger partial charge in [-0.25, -0.2) is 0 Å². The molecule has 1 nitrogen and oxygen atoms in total. The molecule has 0 N–H and O–H groups in total. The number of ether oxygens (including phenoxy) is 1. The average Bonchev–Trinajstić information content (AvgIpc) is 1.86. The Kier molecular flexibility index (Phi) is 2.87. The van der Waals surface area contributed by atoms with Crippen LogP contribution in [0.5, 0.6) is 0 Å². The maximum absolute atomic E-state index is 5.58. The van der Waals surface area contributed by atoms with Crippen molar-refractivity contribution in [2.24, 2.45) is 11.3 Å². The first-order valence-electron chi connectivity index (χ1n) is 4.23. The van der Waals surface area contributed by atoms with Crippen LogP contribution in [-0.2, 0) is 4.74 Å². The topological polar surface area (TPSA) is 9.23 Å². The molecule has 2 unspecified atom stereocenters. The van der Waals surface area contributed by atoms with Crippen LogP contribution in [0.3, 0.4) is 0 Å². The standard InChI is InChI=1S/C9H18OS/c1-7-10-5-8(6-11-7)9(2,3)4/h7-8H,5-6H2,1-4H3. The summed E-state index contributed by atoms with van der Waals surface area (Å²) in [5.41, 5.74) is 0.821. The lowest BCUT2D eigenvalue weighted by atomic mass is 9.82. The summed E-state index contributed by atoms with van der Waals surface area (Å²) in [7, 11) is 0. The zero-order valence-electron chi connectivity index (χ0n) is 7.89. The molecule has 1 aliphatic heterocycles.